The van der Waals surface area contributed by atoms with Crippen molar-refractivity contribution in [3.8, 4) is 11.5 Å². The standard InChI is InChI=1S/C28H32N6O3/c1-4-33-26-25(27(35)34(5-2)28(33)36)31(3)24(30-26)15-8-20-6-11-22(12-7-20)37-23-13-9-21(10-14-23)32-18-16-29-17-19-32/h6-15,29H,4-5,16-19H2,1-3H3/b15-8+. The van der Waals surface area contributed by atoms with Crippen molar-refractivity contribution in [2.45, 2.75) is 26.9 Å². The van der Waals surface area contributed by atoms with Crippen molar-refractivity contribution in [2.24, 2.45) is 7.05 Å². The van der Waals surface area contributed by atoms with Crippen molar-refractivity contribution in [1.82, 2.24) is 24.0 Å². The molecular weight excluding hydrogens is 468 g/mol. The van der Waals surface area contributed by atoms with Crippen molar-refractivity contribution < 1.29 is 4.74 Å². The van der Waals surface area contributed by atoms with E-state index in [1.165, 1.54) is 10.3 Å². The zero-order valence-corrected chi connectivity index (χ0v) is 21.5. The summed E-state index contributed by atoms with van der Waals surface area (Å²) >= 11 is 0. The number of aromatic nitrogens is 4. The number of nitrogens with zero attached hydrogens (tertiary/aromatic N) is 5. The van der Waals surface area contributed by atoms with Crippen molar-refractivity contribution in [1.29, 1.82) is 0 Å². The van der Waals surface area contributed by atoms with Gasteiger partial charge >= 0.3 is 5.69 Å². The molecule has 0 amide bonds. The molecule has 0 atom stereocenters. The fourth-order valence-corrected chi connectivity index (χ4v) is 4.69. The topological polar surface area (TPSA) is 86.3 Å². The van der Waals surface area contributed by atoms with E-state index >= 15 is 0 Å². The van der Waals surface area contributed by atoms with Crippen molar-refractivity contribution in [3.63, 3.8) is 0 Å². The molecule has 192 valence electrons. The van der Waals surface area contributed by atoms with Crippen LogP contribution >= 0.6 is 0 Å². The van der Waals surface area contributed by atoms with Crippen LogP contribution in [0.4, 0.5) is 5.69 Å². The van der Waals surface area contributed by atoms with E-state index in [2.05, 4.69) is 27.3 Å². The minimum Gasteiger partial charge on any atom is -0.457 e. The predicted octanol–water partition coefficient (Wildman–Crippen LogP) is 3.31. The first-order chi connectivity index (χ1) is 18.0. The second-order valence-electron chi connectivity index (χ2n) is 9.01. The highest BCUT2D eigenvalue weighted by atomic mass is 16.5. The summed E-state index contributed by atoms with van der Waals surface area (Å²) in [4.78, 5) is 32.5. The molecule has 0 spiro atoms. The third-order valence-electron chi connectivity index (χ3n) is 6.77. The zero-order valence-electron chi connectivity index (χ0n) is 21.5. The summed E-state index contributed by atoms with van der Waals surface area (Å²) < 4.78 is 10.6. The molecule has 0 radical (unpaired) electrons. The van der Waals surface area contributed by atoms with Gasteiger partial charge in [-0.1, -0.05) is 18.2 Å². The largest absolute Gasteiger partial charge is 0.457 e. The maximum absolute atomic E-state index is 12.9. The number of hydrogen-bond donors (Lipinski definition) is 1. The molecule has 9 nitrogen and oxygen atoms in total. The Morgan fingerprint density at radius 3 is 2.14 bits per heavy atom. The van der Waals surface area contributed by atoms with E-state index in [1.807, 2.05) is 55.5 Å². The van der Waals surface area contributed by atoms with Gasteiger partial charge in [-0.15, -0.1) is 0 Å². The number of nitrogens with one attached hydrogen (secondary N) is 1. The van der Waals surface area contributed by atoms with Gasteiger partial charge in [0.2, 0.25) is 0 Å². The minimum absolute atomic E-state index is 0.315. The molecule has 9 heteroatoms. The Morgan fingerprint density at radius 2 is 1.51 bits per heavy atom. The Labute approximate surface area is 215 Å². The van der Waals surface area contributed by atoms with Crippen LogP contribution in [0.5, 0.6) is 11.5 Å². The second-order valence-corrected chi connectivity index (χ2v) is 9.01. The average molecular weight is 501 g/mol. The van der Waals surface area contributed by atoms with Gasteiger partial charge in [0.15, 0.2) is 11.2 Å². The SMILES string of the molecule is CCn1c(=O)c2c(nc(/C=C/c3ccc(Oc4ccc(N5CCNCC5)cc4)cc3)n2C)n(CC)c1=O. The molecule has 2 aromatic carbocycles. The maximum Gasteiger partial charge on any atom is 0.332 e. The summed E-state index contributed by atoms with van der Waals surface area (Å²) in [7, 11) is 1.80. The number of hydrogen-bond acceptors (Lipinski definition) is 6. The lowest BCUT2D eigenvalue weighted by molar-refractivity contribution is 0.482. The van der Waals surface area contributed by atoms with Crippen LogP contribution in [0, 0.1) is 0 Å². The van der Waals surface area contributed by atoms with E-state index in [4.69, 9.17) is 4.74 Å². The van der Waals surface area contributed by atoms with E-state index < -0.39 is 0 Å². The highest BCUT2D eigenvalue weighted by Crippen LogP contribution is 2.25. The third kappa shape index (κ3) is 4.82. The molecule has 0 saturated carbocycles. The smallest absolute Gasteiger partial charge is 0.332 e. The molecule has 0 aliphatic carbocycles. The number of benzene rings is 2. The summed E-state index contributed by atoms with van der Waals surface area (Å²) in [6, 6.07) is 16.0. The summed E-state index contributed by atoms with van der Waals surface area (Å²) in [6.45, 7) is 8.47. The number of imidazole rings is 1. The molecule has 0 bridgehead atoms. The van der Waals surface area contributed by atoms with Gasteiger partial charge in [-0.3, -0.25) is 13.9 Å². The number of aryl methyl sites for hydroxylation is 2. The Kier molecular flexibility index (Phi) is 6.96. The second kappa shape index (κ2) is 10.5. The molecule has 1 fully saturated rings. The first-order valence-corrected chi connectivity index (χ1v) is 12.7. The fraction of sp³-hybridized carbons (Fsp3) is 0.321. The fourth-order valence-electron chi connectivity index (χ4n) is 4.69. The molecule has 5 rings (SSSR count). The normalized spacial score (nSPS) is 14.1. The molecule has 3 heterocycles. The van der Waals surface area contributed by atoms with Crippen molar-refractivity contribution in [2.75, 3.05) is 31.1 Å². The Balaban J connectivity index is 1.32. The number of fused-ring (bicyclic) bond motifs is 1. The van der Waals surface area contributed by atoms with Crippen molar-refractivity contribution >= 4 is 29.0 Å². The van der Waals surface area contributed by atoms with Crippen LogP contribution in [0.3, 0.4) is 0 Å². The van der Waals surface area contributed by atoms with Crippen LogP contribution < -0.4 is 26.2 Å². The Hall–Kier alpha value is -4.11. The highest BCUT2D eigenvalue weighted by Gasteiger charge is 2.17. The van der Waals surface area contributed by atoms with E-state index in [1.54, 1.807) is 23.1 Å². The predicted molar refractivity (Wildman–Crippen MR) is 148 cm³/mol. The van der Waals surface area contributed by atoms with Crippen LogP contribution in [-0.4, -0.2) is 44.9 Å². The van der Waals surface area contributed by atoms with Gasteiger partial charge < -0.3 is 19.5 Å². The van der Waals surface area contributed by atoms with Gasteiger partial charge in [-0.2, -0.15) is 0 Å². The van der Waals surface area contributed by atoms with Gasteiger partial charge in [0.25, 0.3) is 5.56 Å². The van der Waals surface area contributed by atoms with Gasteiger partial charge in [0.1, 0.15) is 17.3 Å². The maximum atomic E-state index is 12.9. The molecule has 0 unspecified atom stereocenters. The Bertz CT molecular complexity index is 1540. The van der Waals surface area contributed by atoms with Crippen LogP contribution in [-0.2, 0) is 20.1 Å². The van der Waals surface area contributed by atoms with E-state index in [9.17, 15) is 9.59 Å². The van der Waals surface area contributed by atoms with E-state index in [0.717, 1.165) is 43.2 Å². The van der Waals surface area contributed by atoms with Gasteiger partial charge in [0, 0.05) is 52.0 Å². The van der Waals surface area contributed by atoms with Crippen LogP contribution in [0.15, 0.2) is 58.1 Å². The molecule has 37 heavy (non-hydrogen) atoms. The van der Waals surface area contributed by atoms with Crippen molar-refractivity contribution in [3.05, 3.63) is 80.8 Å². The van der Waals surface area contributed by atoms with Crippen LogP contribution in [0.2, 0.25) is 0 Å². The number of anilines is 1. The van der Waals surface area contributed by atoms with E-state index in [-0.39, 0.29) is 11.2 Å². The van der Waals surface area contributed by atoms with Crippen LogP contribution in [0.25, 0.3) is 23.3 Å². The third-order valence-corrected chi connectivity index (χ3v) is 6.77. The molecule has 1 saturated heterocycles. The Morgan fingerprint density at radius 1 is 0.892 bits per heavy atom. The molecule has 1 aliphatic heterocycles. The lowest BCUT2D eigenvalue weighted by atomic mass is 10.2. The average Bonchev–Trinajstić information content (AvgIpc) is 3.25. The van der Waals surface area contributed by atoms with Gasteiger partial charge in [0.05, 0.1) is 0 Å². The van der Waals surface area contributed by atoms with Crippen LogP contribution in [0.1, 0.15) is 25.2 Å². The number of rotatable bonds is 7. The summed E-state index contributed by atoms with van der Waals surface area (Å²) in [5, 5.41) is 3.37. The zero-order chi connectivity index (χ0) is 25.9. The summed E-state index contributed by atoms with van der Waals surface area (Å²) in [6.07, 6.45) is 3.78. The monoisotopic (exact) mass is 500 g/mol. The molecule has 2 aromatic heterocycles. The lowest BCUT2D eigenvalue weighted by Crippen LogP contribution is -2.43. The van der Waals surface area contributed by atoms with Gasteiger partial charge in [-0.25, -0.2) is 9.78 Å². The lowest BCUT2D eigenvalue weighted by Gasteiger charge is -2.29. The molecule has 1 aliphatic rings. The highest BCUT2D eigenvalue weighted by molar-refractivity contribution is 5.76. The first kappa shape index (κ1) is 24.6. The number of piperazine rings is 1. The number of ether oxygens (including phenoxy) is 1. The first-order valence-electron chi connectivity index (χ1n) is 12.7. The molecule has 4 aromatic rings. The van der Waals surface area contributed by atoms with Gasteiger partial charge in [-0.05, 0) is 61.9 Å². The van der Waals surface area contributed by atoms with E-state index in [0.29, 0.717) is 30.1 Å². The molecule has 1 N–H and O–H groups in total. The quantitative estimate of drug-likeness (QED) is 0.419. The molecular formula is C28H32N6O3. The minimum atomic E-state index is -0.329. The summed E-state index contributed by atoms with van der Waals surface area (Å²) in [5.41, 5.74) is 2.37. The summed E-state index contributed by atoms with van der Waals surface area (Å²) in [5.74, 6) is 2.15.